The van der Waals surface area contributed by atoms with E-state index in [2.05, 4.69) is 10.6 Å². The minimum absolute atomic E-state index is 0.0974. The number of thioether (sulfide) groups is 1. The third kappa shape index (κ3) is 6.99. The molecule has 1 atom stereocenters. The van der Waals surface area contributed by atoms with Gasteiger partial charge in [0.15, 0.2) is 0 Å². The average molecular weight is 469 g/mol. The number of hydrogen-bond acceptors (Lipinski definition) is 4. The minimum atomic E-state index is -0.623. The van der Waals surface area contributed by atoms with Crippen LogP contribution in [-0.2, 0) is 4.79 Å². The first kappa shape index (κ1) is 24.6. The van der Waals surface area contributed by atoms with Crippen molar-refractivity contribution < 1.29 is 14.4 Å². The van der Waals surface area contributed by atoms with E-state index >= 15 is 0 Å². The lowest BCUT2D eigenvalue weighted by Crippen LogP contribution is -2.39. The SMILES string of the molecule is CC(NC(=O)c1ccccc1SCC(=O)N(C)C1CCCCC1)c1ccc(NC(N)=O)cc1. The molecule has 0 bridgehead atoms. The number of amides is 4. The number of nitrogens with zero attached hydrogens (tertiary/aromatic N) is 1. The summed E-state index contributed by atoms with van der Waals surface area (Å²) in [7, 11) is 1.89. The van der Waals surface area contributed by atoms with Crippen LogP contribution in [0.4, 0.5) is 10.5 Å². The van der Waals surface area contributed by atoms with Gasteiger partial charge in [0, 0.05) is 23.7 Å². The van der Waals surface area contributed by atoms with Crippen molar-refractivity contribution in [3.63, 3.8) is 0 Å². The van der Waals surface area contributed by atoms with Crippen molar-refractivity contribution in [2.45, 2.75) is 56.0 Å². The number of anilines is 1. The molecule has 0 saturated heterocycles. The number of carbonyl (C=O) groups is 3. The molecule has 176 valence electrons. The molecule has 7 nitrogen and oxygen atoms in total. The highest BCUT2D eigenvalue weighted by molar-refractivity contribution is 8.00. The molecule has 0 heterocycles. The molecule has 1 fully saturated rings. The summed E-state index contributed by atoms with van der Waals surface area (Å²) in [6.07, 6.45) is 5.76. The maximum atomic E-state index is 13.0. The fraction of sp³-hybridized carbons (Fsp3) is 0.400. The molecule has 0 radical (unpaired) electrons. The predicted octanol–water partition coefficient (Wildman–Crippen LogP) is 4.55. The Balaban J connectivity index is 1.60. The van der Waals surface area contributed by atoms with Gasteiger partial charge >= 0.3 is 6.03 Å². The lowest BCUT2D eigenvalue weighted by atomic mass is 9.94. The molecule has 1 aliphatic rings. The quantitative estimate of drug-likeness (QED) is 0.494. The van der Waals surface area contributed by atoms with E-state index in [4.69, 9.17) is 5.73 Å². The van der Waals surface area contributed by atoms with Crippen LogP contribution < -0.4 is 16.4 Å². The Labute approximate surface area is 199 Å². The van der Waals surface area contributed by atoms with Crippen molar-refractivity contribution in [1.82, 2.24) is 10.2 Å². The van der Waals surface area contributed by atoms with Gasteiger partial charge in [-0.1, -0.05) is 43.5 Å². The van der Waals surface area contributed by atoms with Gasteiger partial charge in [-0.25, -0.2) is 4.79 Å². The Bertz CT molecular complexity index is 974. The largest absolute Gasteiger partial charge is 0.351 e. The molecule has 1 aliphatic carbocycles. The fourth-order valence-corrected chi connectivity index (χ4v) is 5.02. The lowest BCUT2D eigenvalue weighted by molar-refractivity contribution is -0.129. The molecule has 33 heavy (non-hydrogen) atoms. The third-order valence-electron chi connectivity index (χ3n) is 6.02. The van der Waals surface area contributed by atoms with Crippen LogP contribution in [0, 0.1) is 0 Å². The highest BCUT2D eigenvalue weighted by Crippen LogP contribution is 2.26. The number of urea groups is 1. The molecule has 8 heteroatoms. The van der Waals surface area contributed by atoms with Crippen molar-refractivity contribution in [3.8, 4) is 0 Å². The summed E-state index contributed by atoms with van der Waals surface area (Å²) in [5.74, 6) is 0.208. The van der Waals surface area contributed by atoms with Gasteiger partial charge in [0.1, 0.15) is 0 Å². The van der Waals surface area contributed by atoms with Crippen LogP contribution in [0.3, 0.4) is 0 Å². The Morgan fingerprint density at radius 3 is 2.39 bits per heavy atom. The Hall–Kier alpha value is -3.00. The predicted molar refractivity (Wildman–Crippen MR) is 132 cm³/mol. The molecule has 1 unspecified atom stereocenters. The first-order chi connectivity index (χ1) is 15.8. The number of hydrogen-bond donors (Lipinski definition) is 3. The zero-order chi connectivity index (χ0) is 23.8. The second kappa shape index (κ2) is 11.7. The molecule has 0 aromatic heterocycles. The molecule has 0 spiro atoms. The summed E-state index contributed by atoms with van der Waals surface area (Å²) < 4.78 is 0. The zero-order valence-corrected chi connectivity index (χ0v) is 20.0. The maximum absolute atomic E-state index is 13.0. The van der Waals surface area contributed by atoms with Crippen LogP contribution in [-0.4, -0.2) is 41.6 Å². The molecule has 4 N–H and O–H groups in total. The average Bonchev–Trinajstić information content (AvgIpc) is 2.82. The maximum Gasteiger partial charge on any atom is 0.316 e. The van der Waals surface area contributed by atoms with Gasteiger partial charge in [-0.3, -0.25) is 9.59 Å². The van der Waals surface area contributed by atoms with Gasteiger partial charge < -0.3 is 21.3 Å². The Morgan fingerprint density at radius 1 is 1.06 bits per heavy atom. The first-order valence-electron chi connectivity index (χ1n) is 11.3. The standard InChI is InChI=1S/C25H32N4O3S/c1-17(18-12-14-19(15-13-18)28-25(26)32)27-24(31)21-10-6-7-11-22(21)33-16-23(30)29(2)20-8-4-3-5-9-20/h6-7,10-15,17,20H,3-5,8-9,16H2,1-2H3,(H,27,31)(H3,26,28,32). The summed E-state index contributed by atoms with van der Waals surface area (Å²) in [6, 6.07) is 14.0. The van der Waals surface area contributed by atoms with E-state index in [1.165, 1.54) is 31.0 Å². The van der Waals surface area contributed by atoms with Gasteiger partial charge in [0.25, 0.3) is 5.91 Å². The summed E-state index contributed by atoms with van der Waals surface area (Å²) in [4.78, 5) is 39.4. The zero-order valence-electron chi connectivity index (χ0n) is 19.2. The molecule has 4 amide bonds. The lowest BCUT2D eigenvalue weighted by Gasteiger charge is -2.31. The summed E-state index contributed by atoms with van der Waals surface area (Å²) in [5, 5.41) is 5.53. The fourth-order valence-electron chi connectivity index (χ4n) is 4.05. The Kier molecular flexibility index (Phi) is 8.77. The van der Waals surface area contributed by atoms with E-state index < -0.39 is 6.03 Å². The second-order valence-electron chi connectivity index (χ2n) is 8.39. The van der Waals surface area contributed by atoms with Crippen molar-refractivity contribution in [1.29, 1.82) is 0 Å². The number of primary amides is 1. The molecule has 3 rings (SSSR count). The van der Waals surface area contributed by atoms with Gasteiger partial charge in [-0.15, -0.1) is 11.8 Å². The van der Waals surface area contributed by atoms with E-state index in [-0.39, 0.29) is 17.9 Å². The number of nitrogens with two attached hydrogens (primary N) is 1. The summed E-state index contributed by atoms with van der Waals surface area (Å²) in [6.45, 7) is 1.90. The Morgan fingerprint density at radius 2 is 1.73 bits per heavy atom. The smallest absolute Gasteiger partial charge is 0.316 e. The molecule has 2 aromatic rings. The van der Waals surface area contributed by atoms with E-state index in [0.29, 0.717) is 23.0 Å². The number of benzene rings is 2. The van der Waals surface area contributed by atoms with Crippen molar-refractivity contribution in [3.05, 3.63) is 59.7 Å². The van der Waals surface area contributed by atoms with Crippen LogP contribution in [0.1, 0.15) is 61.0 Å². The molecule has 2 aromatic carbocycles. The number of carbonyl (C=O) groups excluding carboxylic acids is 3. The topological polar surface area (TPSA) is 105 Å². The summed E-state index contributed by atoms with van der Waals surface area (Å²) in [5.41, 5.74) is 7.17. The first-order valence-corrected chi connectivity index (χ1v) is 12.3. The van der Waals surface area contributed by atoms with Gasteiger partial charge in [0.2, 0.25) is 5.91 Å². The van der Waals surface area contributed by atoms with Crippen molar-refractivity contribution in [2.24, 2.45) is 5.73 Å². The third-order valence-corrected chi connectivity index (χ3v) is 7.08. The van der Waals surface area contributed by atoms with Crippen LogP contribution in [0.25, 0.3) is 0 Å². The van der Waals surface area contributed by atoms with Crippen LogP contribution >= 0.6 is 11.8 Å². The molecular formula is C25H32N4O3S. The van der Waals surface area contributed by atoms with Crippen molar-refractivity contribution >= 4 is 35.3 Å². The summed E-state index contributed by atoms with van der Waals surface area (Å²) >= 11 is 1.40. The minimum Gasteiger partial charge on any atom is -0.351 e. The van der Waals surface area contributed by atoms with Crippen LogP contribution in [0.5, 0.6) is 0 Å². The monoisotopic (exact) mass is 468 g/mol. The van der Waals surface area contributed by atoms with Gasteiger partial charge in [-0.2, -0.15) is 0 Å². The molecule has 0 aliphatic heterocycles. The van der Waals surface area contributed by atoms with E-state index in [9.17, 15) is 14.4 Å². The molecular weight excluding hydrogens is 436 g/mol. The van der Waals surface area contributed by atoms with Crippen molar-refractivity contribution in [2.75, 3.05) is 18.1 Å². The van der Waals surface area contributed by atoms with E-state index in [1.54, 1.807) is 18.2 Å². The number of rotatable bonds is 8. The van der Waals surface area contributed by atoms with Gasteiger partial charge in [0.05, 0.1) is 17.4 Å². The highest BCUT2D eigenvalue weighted by atomic mass is 32.2. The van der Waals surface area contributed by atoms with Gasteiger partial charge in [-0.05, 0) is 49.6 Å². The number of nitrogens with one attached hydrogen (secondary N) is 2. The van der Waals surface area contributed by atoms with Crippen LogP contribution in [0.15, 0.2) is 53.4 Å². The second-order valence-corrected chi connectivity index (χ2v) is 9.40. The van der Waals surface area contributed by atoms with E-state index in [1.807, 2.05) is 49.2 Å². The normalized spacial score (nSPS) is 14.8. The van der Waals surface area contributed by atoms with Crippen LogP contribution in [0.2, 0.25) is 0 Å². The molecule has 1 saturated carbocycles. The van der Waals surface area contributed by atoms with E-state index in [0.717, 1.165) is 23.3 Å². The highest BCUT2D eigenvalue weighted by Gasteiger charge is 2.23.